The third-order valence-electron chi connectivity index (χ3n) is 3.20. The third-order valence-corrected chi connectivity index (χ3v) is 3.20. The number of aryl methyl sites for hydroxylation is 1. The molecule has 102 valence electrons. The van der Waals surface area contributed by atoms with E-state index in [9.17, 15) is 4.79 Å². The summed E-state index contributed by atoms with van der Waals surface area (Å²) >= 11 is 0. The standard InChI is InChI=1S/C15H19NO3/c1-12-11-13(4-6-15(17)18)3-5-14(12)16-7-2-9-19-10-8-16/h3-6,11H,2,7-10H2,1H3,(H,17,18). The summed E-state index contributed by atoms with van der Waals surface area (Å²) < 4.78 is 5.46. The summed E-state index contributed by atoms with van der Waals surface area (Å²) in [4.78, 5) is 12.8. The predicted octanol–water partition coefficient (Wildman–Crippen LogP) is 2.32. The molecule has 2 rings (SSSR count). The van der Waals surface area contributed by atoms with E-state index in [1.807, 2.05) is 12.1 Å². The Hall–Kier alpha value is -1.81. The molecule has 19 heavy (non-hydrogen) atoms. The number of aliphatic carboxylic acids is 1. The van der Waals surface area contributed by atoms with Crippen molar-refractivity contribution in [3.05, 3.63) is 35.4 Å². The summed E-state index contributed by atoms with van der Waals surface area (Å²) in [6.07, 6.45) is 3.82. The maximum absolute atomic E-state index is 10.5. The normalized spacial score (nSPS) is 16.6. The van der Waals surface area contributed by atoms with Crippen molar-refractivity contribution in [2.75, 3.05) is 31.2 Å². The number of ether oxygens (including phenoxy) is 1. The Labute approximate surface area is 113 Å². The van der Waals surface area contributed by atoms with Gasteiger partial charge in [-0.05, 0) is 42.7 Å². The first kappa shape index (κ1) is 13.6. The summed E-state index contributed by atoms with van der Waals surface area (Å²) in [5.41, 5.74) is 3.28. The molecule has 1 aliphatic rings. The zero-order valence-electron chi connectivity index (χ0n) is 11.1. The quantitative estimate of drug-likeness (QED) is 0.848. The van der Waals surface area contributed by atoms with Crippen LogP contribution in [0.4, 0.5) is 5.69 Å². The molecule has 0 saturated carbocycles. The van der Waals surface area contributed by atoms with Crippen LogP contribution in [0.3, 0.4) is 0 Å². The van der Waals surface area contributed by atoms with Crippen LogP contribution in [-0.2, 0) is 9.53 Å². The SMILES string of the molecule is Cc1cc(C=CC(=O)O)ccc1N1CCCOCC1. The molecule has 1 fully saturated rings. The van der Waals surface area contributed by atoms with E-state index in [2.05, 4.69) is 17.9 Å². The van der Waals surface area contributed by atoms with Crippen LogP contribution in [0, 0.1) is 6.92 Å². The van der Waals surface area contributed by atoms with Gasteiger partial charge < -0.3 is 14.7 Å². The smallest absolute Gasteiger partial charge is 0.328 e. The van der Waals surface area contributed by atoms with E-state index >= 15 is 0 Å². The molecular formula is C15H19NO3. The van der Waals surface area contributed by atoms with Crippen LogP contribution in [0.2, 0.25) is 0 Å². The molecule has 1 aromatic rings. The van der Waals surface area contributed by atoms with Gasteiger partial charge in [-0.25, -0.2) is 4.79 Å². The number of nitrogens with zero attached hydrogens (tertiary/aromatic N) is 1. The van der Waals surface area contributed by atoms with Crippen molar-refractivity contribution >= 4 is 17.7 Å². The summed E-state index contributed by atoms with van der Waals surface area (Å²) in [6.45, 7) is 5.56. The van der Waals surface area contributed by atoms with Crippen LogP contribution in [0.1, 0.15) is 17.5 Å². The molecule has 4 heteroatoms. The second-order valence-electron chi connectivity index (χ2n) is 4.67. The largest absolute Gasteiger partial charge is 0.478 e. The molecule has 1 saturated heterocycles. The van der Waals surface area contributed by atoms with E-state index in [0.717, 1.165) is 49.9 Å². The maximum atomic E-state index is 10.5. The first-order valence-corrected chi connectivity index (χ1v) is 6.51. The molecule has 1 aliphatic heterocycles. The van der Waals surface area contributed by atoms with Gasteiger partial charge >= 0.3 is 5.97 Å². The summed E-state index contributed by atoms with van der Waals surface area (Å²) in [6, 6.07) is 6.02. The Morgan fingerprint density at radius 2 is 2.21 bits per heavy atom. The van der Waals surface area contributed by atoms with Crippen molar-refractivity contribution < 1.29 is 14.6 Å². The van der Waals surface area contributed by atoms with E-state index < -0.39 is 5.97 Å². The van der Waals surface area contributed by atoms with Crippen LogP contribution >= 0.6 is 0 Å². The van der Waals surface area contributed by atoms with Gasteiger partial charge in [0.05, 0.1) is 6.61 Å². The minimum atomic E-state index is -0.925. The Balaban J connectivity index is 2.16. The molecular weight excluding hydrogens is 242 g/mol. The average Bonchev–Trinajstić information content (AvgIpc) is 2.65. The highest BCUT2D eigenvalue weighted by Crippen LogP contribution is 2.23. The van der Waals surface area contributed by atoms with Crippen LogP contribution in [0.5, 0.6) is 0 Å². The minimum Gasteiger partial charge on any atom is -0.478 e. The van der Waals surface area contributed by atoms with E-state index in [-0.39, 0.29) is 0 Å². The lowest BCUT2D eigenvalue weighted by Crippen LogP contribution is -2.26. The average molecular weight is 261 g/mol. The molecule has 0 radical (unpaired) electrons. The second kappa shape index (κ2) is 6.38. The van der Waals surface area contributed by atoms with Crippen molar-refractivity contribution in [3.63, 3.8) is 0 Å². The van der Waals surface area contributed by atoms with Crippen molar-refractivity contribution in [3.8, 4) is 0 Å². The molecule has 0 bridgehead atoms. The van der Waals surface area contributed by atoms with Crippen LogP contribution in [-0.4, -0.2) is 37.4 Å². The van der Waals surface area contributed by atoms with Crippen molar-refractivity contribution in [2.24, 2.45) is 0 Å². The Bertz CT molecular complexity index is 474. The lowest BCUT2D eigenvalue weighted by Gasteiger charge is -2.24. The zero-order chi connectivity index (χ0) is 13.7. The summed E-state index contributed by atoms with van der Waals surface area (Å²) in [5, 5.41) is 8.62. The molecule has 0 atom stereocenters. The number of benzene rings is 1. The van der Waals surface area contributed by atoms with E-state index in [1.54, 1.807) is 6.08 Å². The number of carboxylic acid groups (broad SMARTS) is 1. The number of hydrogen-bond acceptors (Lipinski definition) is 3. The van der Waals surface area contributed by atoms with E-state index in [0.29, 0.717) is 0 Å². The number of carbonyl (C=O) groups is 1. The topological polar surface area (TPSA) is 49.8 Å². The highest BCUT2D eigenvalue weighted by Gasteiger charge is 2.11. The molecule has 1 N–H and O–H groups in total. The molecule has 1 heterocycles. The maximum Gasteiger partial charge on any atom is 0.328 e. The lowest BCUT2D eigenvalue weighted by molar-refractivity contribution is -0.131. The fraction of sp³-hybridized carbons (Fsp3) is 0.400. The molecule has 0 spiro atoms. The predicted molar refractivity (Wildman–Crippen MR) is 75.5 cm³/mol. The van der Waals surface area contributed by atoms with Crippen LogP contribution < -0.4 is 4.90 Å². The van der Waals surface area contributed by atoms with E-state index in [1.165, 1.54) is 5.69 Å². The Morgan fingerprint density at radius 1 is 1.37 bits per heavy atom. The number of anilines is 1. The van der Waals surface area contributed by atoms with Gasteiger partial charge in [-0.3, -0.25) is 0 Å². The highest BCUT2D eigenvalue weighted by atomic mass is 16.5. The first-order chi connectivity index (χ1) is 9.16. The van der Waals surface area contributed by atoms with Crippen molar-refractivity contribution in [2.45, 2.75) is 13.3 Å². The summed E-state index contributed by atoms with van der Waals surface area (Å²) in [7, 11) is 0. The van der Waals surface area contributed by atoms with Gasteiger partial charge in [-0.1, -0.05) is 6.07 Å². The third kappa shape index (κ3) is 3.83. The second-order valence-corrected chi connectivity index (χ2v) is 4.67. The number of rotatable bonds is 3. The van der Waals surface area contributed by atoms with Gasteiger partial charge in [0.1, 0.15) is 0 Å². The minimum absolute atomic E-state index is 0.764. The molecule has 0 unspecified atom stereocenters. The van der Waals surface area contributed by atoms with Gasteiger partial charge in [0, 0.05) is 31.5 Å². The highest BCUT2D eigenvalue weighted by molar-refractivity contribution is 5.85. The van der Waals surface area contributed by atoms with Gasteiger partial charge in [0.25, 0.3) is 0 Å². The molecule has 0 aliphatic carbocycles. The number of carboxylic acids is 1. The zero-order valence-corrected chi connectivity index (χ0v) is 11.1. The number of hydrogen-bond donors (Lipinski definition) is 1. The van der Waals surface area contributed by atoms with Gasteiger partial charge in [-0.15, -0.1) is 0 Å². The van der Waals surface area contributed by atoms with Crippen LogP contribution in [0.15, 0.2) is 24.3 Å². The molecule has 0 amide bonds. The fourth-order valence-corrected chi connectivity index (χ4v) is 2.29. The van der Waals surface area contributed by atoms with Crippen molar-refractivity contribution in [1.29, 1.82) is 0 Å². The fourth-order valence-electron chi connectivity index (χ4n) is 2.29. The molecule has 0 aromatic heterocycles. The van der Waals surface area contributed by atoms with Gasteiger partial charge in [0.2, 0.25) is 0 Å². The lowest BCUT2D eigenvalue weighted by atomic mass is 10.1. The molecule has 4 nitrogen and oxygen atoms in total. The monoisotopic (exact) mass is 261 g/mol. The summed E-state index contributed by atoms with van der Waals surface area (Å²) in [5.74, 6) is -0.925. The Kier molecular flexibility index (Phi) is 4.58. The van der Waals surface area contributed by atoms with Gasteiger partial charge in [0.15, 0.2) is 0 Å². The van der Waals surface area contributed by atoms with Crippen molar-refractivity contribution in [1.82, 2.24) is 0 Å². The van der Waals surface area contributed by atoms with E-state index in [4.69, 9.17) is 9.84 Å². The first-order valence-electron chi connectivity index (χ1n) is 6.51. The molecule has 1 aromatic carbocycles. The Morgan fingerprint density at radius 3 is 2.95 bits per heavy atom. The van der Waals surface area contributed by atoms with Crippen LogP contribution in [0.25, 0.3) is 6.08 Å². The van der Waals surface area contributed by atoms with Gasteiger partial charge in [-0.2, -0.15) is 0 Å².